The molecule has 0 saturated carbocycles. The number of benzene rings is 2. The van der Waals surface area contributed by atoms with Crippen LogP contribution < -0.4 is 4.90 Å². The molecule has 0 spiro atoms. The molecule has 0 saturated heterocycles. The molecule has 0 unspecified atom stereocenters. The van der Waals surface area contributed by atoms with Gasteiger partial charge in [-0.15, -0.1) is 5.10 Å². The first-order valence-electron chi connectivity index (χ1n) is 8.88. The van der Waals surface area contributed by atoms with Crippen molar-refractivity contribution in [3.8, 4) is 5.69 Å². The van der Waals surface area contributed by atoms with Crippen molar-refractivity contribution in [3.63, 3.8) is 0 Å². The van der Waals surface area contributed by atoms with Crippen LogP contribution in [0.3, 0.4) is 0 Å². The van der Waals surface area contributed by atoms with Gasteiger partial charge in [0.25, 0.3) is 0 Å². The fraction of sp³-hybridized carbons (Fsp3) is 0.250. The van der Waals surface area contributed by atoms with Gasteiger partial charge in [0.05, 0.1) is 10.9 Å². The summed E-state index contributed by atoms with van der Waals surface area (Å²) in [5.74, 6) is 0.0987. The van der Waals surface area contributed by atoms with Crippen LogP contribution in [0.25, 0.3) is 5.69 Å². The summed E-state index contributed by atoms with van der Waals surface area (Å²) in [6, 6.07) is 15.7. The number of nitrogens with zero attached hydrogens (tertiary/aromatic N) is 3. The van der Waals surface area contributed by atoms with E-state index in [0.29, 0.717) is 8.98 Å². The van der Waals surface area contributed by atoms with Crippen LogP contribution >= 0.6 is 46.9 Å². The van der Waals surface area contributed by atoms with Gasteiger partial charge in [0.15, 0.2) is 8.29 Å². The van der Waals surface area contributed by atoms with Crippen molar-refractivity contribution in [1.82, 2.24) is 9.78 Å². The van der Waals surface area contributed by atoms with Gasteiger partial charge in [0.2, 0.25) is 5.91 Å². The lowest BCUT2D eigenvalue weighted by molar-refractivity contribution is -0.118. The molecule has 1 amide bonds. The number of hydrogen-bond acceptors (Lipinski definition) is 5. The number of anilines is 1. The minimum absolute atomic E-state index is 0.0987. The molecule has 8 heteroatoms. The number of thioether (sulfide) groups is 1. The van der Waals surface area contributed by atoms with Crippen molar-refractivity contribution in [2.45, 2.75) is 35.9 Å². The second kappa shape index (κ2) is 7.99. The molecule has 3 aromatic rings. The Morgan fingerprint density at radius 3 is 2.75 bits per heavy atom. The predicted molar refractivity (Wildman–Crippen MR) is 120 cm³/mol. The normalized spacial score (nSPS) is 16.8. The molecule has 2 heterocycles. The summed E-state index contributed by atoms with van der Waals surface area (Å²) in [4.78, 5) is 15.1. The second-order valence-corrected chi connectivity index (χ2v) is 10.3. The summed E-state index contributed by atoms with van der Waals surface area (Å²) in [6.07, 6.45) is 0.892. The molecular weight excluding hydrogens is 430 g/mol. The molecule has 0 fully saturated rings. The quantitative estimate of drug-likeness (QED) is 0.375. The third kappa shape index (κ3) is 3.76. The van der Waals surface area contributed by atoms with E-state index in [4.69, 9.17) is 23.8 Å². The van der Waals surface area contributed by atoms with E-state index in [1.165, 1.54) is 28.7 Å². The molecule has 0 bridgehead atoms. The first-order valence-corrected chi connectivity index (χ1v) is 11.4. The number of para-hydroxylation sites is 1. The average molecular weight is 448 g/mol. The minimum atomic E-state index is -0.257. The highest BCUT2D eigenvalue weighted by Gasteiger charge is 2.33. The van der Waals surface area contributed by atoms with Gasteiger partial charge >= 0.3 is 0 Å². The van der Waals surface area contributed by atoms with Gasteiger partial charge < -0.3 is 4.90 Å². The topological polar surface area (TPSA) is 38.1 Å². The molecule has 0 N–H and O–H groups in total. The van der Waals surface area contributed by atoms with Gasteiger partial charge in [-0.3, -0.25) is 4.79 Å². The van der Waals surface area contributed by atoms with E-state index in [0.717, 1.165) is 22.1 Å². The second-order valence-electron chi connectivity index (χ2n) is 6.67. The molecule has 0 radical (unpaired) electrons. The summed E-state index contributed by atoms with van der Waals surface area (Å²) in [5.41, 5.74) is 3.11. The Labute approximate surface area is 182 Å². The number of carbonyl (C=O) groups is 1. The van der Waals surface area contributed by atoms with Crippen LogP contribution in [0.1, 0.15) is 19.4 Å². The zero-order chi connectivity index (χ0) is 19.8. The summed E-state index contributed by atoms with van der Waals surface area (Å²) < 4.78 is 3.13. The summed E-state index contributed by atoms with van der Waals surface area (Å²) in [7, 11) is 0. The van der Waals surface area contributed by atoms with Crippen LogP contribution in [0.15, 0.2) is 52.9 Å². The van der Waals surface area contributed by atoms with Crippen molar-refractivity contribution >= 4 is 58.5 Å². The Kier molecular flexibility index (Phi) is 5.60. The van der Waals surface area contributed by atoms with Gasteiger partial charge in [-0.2, -0.15) is 0 Å². The number of rotatable bonds is 4. The standard InChI is InChI=1S/C20H18ClN3OS3/c1-12-11-14-5-3-4-6-17(14)23(12)18(25)13(2)27-19-22-24(20(26)28-19)16-9-7-15(21)8-10-16/h3-10,12-13H,11H2,1-2H3/t12-,13+/m1/s1. The lowest BCUT2D eigenvalue weighted by Crippen LogP contribution is -2.40. The summed E-state index contributed by atoms with van der Waals surface area (Å²) >= 11 is 14.3. The van der Waals surface area contributed by atoms with Crippen molar-refractivity contribution in [2.24, 2.45) is 0 Å². The Hall–Kier alpha value is -1.67. The monoisotopic (exact) mass is 447 g/mol. The SMILES string of the molecule is C[C@H](Sc1nn(-c2ccc(Cl)cc2)c(=S)s1)C(=O)N1c2ccccc2C[C@H]1C. The fourth-order valence-electron chi connectivity index (χ4n) is 3.35. The van der Waals surface area contributed by atoms with Crippen LogP contribution in [0.4, 0.5) is 5.69 Å². The van der Waals surface area contributed by atoms with Crippen LogP contribution in [-0.4, -0.2) is 27.0 Å². The largest absolute Gasteiger partial charge is 0.308 e. The number of hydrogen-bond donors (Lipinski definition) is 0. The first kappa shape index (κ1) is 19.6. The van der Waals surface area contributed by atoms with Gasteiger partial charge in [0, 0.05) is 16.8 Å². The van der Waals surface area contributed by atoms with Gasteiger partial charge in [0.1, 0.15) is 0 Å². The van der Waals surface area contributed by atoms with E-state index >= 15 is 0 Å². The highest BCUT2D eigenvalue weighted by atomic mass is 35.5. The van der Waals surface area contributed by atoms with Crippen molar-refractivity contribution < 1.29 is 4.79 Å². The molecule has 28 heavy (non-hydrogen) atoms. The maximum atomic E-state index is 13.2. The molecule has 4 rings (SSSR count). The van der Waals surface area contributed by atoms with Crippen LogP contribution in [0, 0.1) is 3.95 Å². The number of aromatic nitrogens is 2. The first-order chi connectivity index (χ1) is 13.4. The Morgan fingerprint density at radius 2 is 2.00 bits per heavy atom. The van der Waals surface area contributed by atoms with E-state index in [2.05, 4.69) is 18.1 Å². The van der Waals surface area contributed by atoms with Gasteiger partial charge in [-0.05, 0) is 68.4 Å². The zero-order valence-corrected chi connectivity index (χ0v) is 18.5. The van der Waals surface area contributed by atoms with Crippen LogP contribution in [0.2, 0.25) is 5.02 Å². The highest BCUT2D eigenvalue weighted by molar-refractivity contribution is 8.02. The van der Waals surface area contributed by atoms with Gasteiger partial charge in [-0.25, -0.2) is 4.68 Å². The molecule has 1 aliphatic heterocycles. The van der Waals surface area contributed by atoms with Crippen molar-refractivity contribution in [1.29, 1.82) is 0 Å². The predicted octanol–water partition coefficient (Wildman–Crippen LogP) is 5.78. The number of amides is 1. The van der Waals surface area contributed by atoms with Crippen molar-refractivity contribution in [3.05, 3.63) is 63.1 Å². The highest BCUT2D eigenvalue weighted by Crippen LogP contribution is 2.35. The van der Waals surface area contributed by atoms with Crippen molar-refractivity contribution in [2.75, 3.05) is 4.90 Å². The Morgan fingerprint density at radius 1 is 1.29 bits per heavy atom. The average Bonchev–Trinajstić information content (AvgIpc) is 3.20. The zero-order valence-electron chi connectivity index (χ0n) is 15.3. The Balaban J connectivity index is 1.53. The van der Waals surface area contributed by atoms with E-state index in [1.54, 1.807) is 4.68 Å². The number of halogens is 1. The minimum Gasteiger partial charge on any atom is -0.308 e. The lowest BCUT2D eigenvalue weighted by Gasteiger charge is -2.25. The molecule has 1 aromatic heterocycles. The molecule has 0 aliphatic carbocycles. The lowest BCUT2D eigenvalue weighted by atomic mass is 10.1. The maximum absolute atomic E-state index is 13.2. The third-order valence-electron chi connectivity index (χ3n) is 4.67. The van der Waals surface area contributed by atoms with E-state index < -0.39 is 0 Å². The van der Waals surface area contributed by atoms with E-state index in [9.17, 15) is 4.79 Å². The number of carbonyl (C=O) groups excluding carboxylic acids is 1. The van der Waals surface area contributed by atoms with Crippen LogP contribution in [0.5, 0.6) is 0 Å². The van der Waals surface area contributed by atoms with Gasteiger partial charge in [-0.1, -0.05) is 52.9 Å². The molecule has 2 aromatic carbocycles. The van der Waals surface area contributed by atoms with E-state index in [1.807, 2.05) is 54.3 Å². The third-order valence-corrected chi connectivity index (χ3v) is 7.33. The Bertz CT molecular complexity index is 1080. The molecular formula is C20H18ClN3OS3. The van der Waals surface area contributed by atoms with E-state index in [-0.39, 0.29) is 17.2 Å². The smallest absolute Gasteiger partial charge is 0.240 e. The number of fused-ring (bicyclic) bond motifs is 1. The maximum Gasteiger partial charge on any atom is 0.240 e. The summed E-state index contributed by atoms with van der Waals surface area (Å²) in [5, 5.41) is 5.01. The molecule has 1 aliphatic rings. The van der Waals surface area contributed by atoms with Crippen LogP contribution in [-0.2, 0) is 11.2 Å². The molecule has 4 nitrogen and oxygen atoms in total. The summed E-state index contributed by atoms with van der Waals surface area (Å²) in [6.45, 7) is 4.02. The molecule has 2 atom stereocenters. The fourth-order valence-corrected chi connectivity index (χ4v) is 6.03. The molecule has 144 valence electrons.